The molecule has 4 N–H and O–H groups in total. The van der Waals surface area contributed by atoms with Crippen molar-refractivity contribution in [2.24, 2.45) is 5.73 Å². The van der Waals surface area contributed by atoms with E-state index >= 15 is 0 Å². The molecule has 0 heterocycles. The Morgan fingerprint density at radius 1 is 1.36 bits per heavy atom. The van der Waals surface area contributed by atoms with E-state index in [2.05, 4.69) is 0 Å². The molecule has 0 bridgehead atoms. The van der Waals surface area contributed by atoms with E-state index < -0.39 is 23.2 Å². The second kappa shape index (κ2) is 4.20. The largest absolute Gasteiger partial charge is 0.480 e. The van der Waals surface area contributed by atoms with Crippen LogP contribution in [0.4, 0.5) is 0 Å². The topological polar surface area (TPSA) is 101 Å². The predicted molar refractivity (Wildman–Crippen MR) is 40.5 cm³/mol. The highest BCUT2D eigenvalue weighted by Crippen LogP contribution is 2.09. The van der Waals surface area contributed by atoms with Crippen LogP contribution in [0.3, 0.4) is 0 Å². The van der Waals surface area contributed by atoms with E-state index in [1.807, 2.05) is 0 Å². The normalized spacial score (nSPS) is 15.5. The number of carboxylic acid groups (broad SMARTS) is 2. The van der Waals surface area contributed by atoms with Crippen LogP contribution in [0.1, 0.15) is 0 Å². The molecule has 0 saturated heterocycles. The third-order valence-corrected chi connectivity index (χ3v) is 2.11. The number of carboxylic acids is 2. The van der Waals surface area contributed by atoms with Gasteiger partial charge in [-0.2, -0.15) is 0 Å². The van der Waals surface area contributed by atoms with E-state index in [1.165, 1.54) is 6.26 Å². The number of thioether (sulfide) groups is 1. The van der Waals surface area contributed by atoms with Crippen LogP contribution in [0.15, 0.2) is 0 Å². The molecule has 0 radical (unpaired) electrons. The van der Waals surface area contributed by atoms with E-state index in [0.29, 0.717) is 0 Å². The number of nitrogens with two attached hydrogens (primary N) is 1. The minimum absolute atomic E-state index is 0.909. The SMILES string of the molecule is CSC(C(=O)O)C(N)C(=O)O. The molecule has 0 saturated carbocycles. The second-order valence-electron chi connectivity index (χ2n) is 1.86. The summed E-state index contributed by atoms with van der Waals surface area (Å²) >= 11 is 0.909. The first kappa shape index (κ1) is 10.2. The monoisotopic (exact) mass is 179 g/mol. The maximum Gasteiger partial charge on any atom is 0.322 e. The lowest BCUT2D eigenvalue weighted by Gasteiger charge is -2.12. The summed E-state index contributed by atoms with van der Waals surface area (Å²) in [7, 11) is 0. The summed E-state index contributed by atoms with van der Waals surface area (Å²) in [5.41, 5.74) is 5.07. The summed E-state index contributed by atoms with van der Waals surface area (Å²) in [4.78, 5) is 20.5. The molecule has 0 rings (SSSR count). The lowest BCUT2D eigenvalue weighted by molar-refractivity contribution is -0.144. The summed E-state index contributed by atoms with van der Waals surface area (Å²) < 4.78 is 0. The van der Waals surface area contributed by atoms with Crippen LogP contribution in [-0.2, 0) is 9.59 Å². The molecule has 0 aliphatic carbocycles. The molecular weight excluding hydrogens is 170 g/mol. The van der Waals surface area contributed by atoms with Gasteiger partial charge in [0.1, 0.15) is 11.3 Å². The molecule has 64 valence electrons. The van der Waals surface area contributed by atoms with Gasteiger partial charge in [-0.15, -0.1) is 11.8 Å². The third-order valence-electron chi connectivity index (χ3n) is 1.11. The Kier molecular flexibility index (Phi) is 3.91. The molecule has 0 aromatic rings. The Morgan fingerprint density at radius 2 is 1.82 bits per heavy atom. The van der Waals surface area contributed by atoms with Crippen LogP contribution < -0.4 is 5.73 Å². The lowest BCUT2D eigenvalue weighted by atomic mass is 10.2. The highest BCUT2D eigenvalue weighted by Gasteiger charge is 2.29. The molecule has 2 atom stereocenters. The number of rotatable bonds is 4. The van der Waals surface area contributed by atoms with Crippen molar-refractivity contribution in [2.45, 2.75) is 11.3 Å². The molecule has 0 spiro atoms. The van der Waals surface area contributed by atoms with Crippen molar-refractivity contribution in [3.05, 3.63) is 0 Å². The Bertz CT molecular complexity index is 172. The molecule has 11 heavy (non-hydrogen) atoms. The van der Waals surface area contributed by atoms with Gasteiger partial charge >= 0.3 is 11.9 Å². The Morgan fingerprint density at radius 3 is 1.91 bits per heavy atom. The molecule has 2 unspecified atom stereocenters. The molecule has 0 fully saturated rings. The van der Waals surface area contributed by atoms with E-state index in [0.717, 1.165) is 11.8 Å². The fourth-order valence-corrected chi connectivity index (χ4v) is 1.14. The smallest absolute Gasteiger partial charge is 0.322 e. The van der Waals surface area contributed by atoms with Gasteiger partial charge in [-0.05, 0) is 6.26 Å². The summed E-state index contributed by atoms with van der Waals surface area (Å²) in [6, 6.07) is -1.34. The lowest BCUT2D eigenvalue weighted by Crippen LogP contribution is -2.44. The van der Waals surface area contributed by atoms with Crippen molar-refractivity contribution in [3.8, 4) is 0 Å². The van der Waals surface area contributed by atoms with Crippen molar-refractivity contribution in [1.82, 2.24) is 0 Å². The van der Waals surface area contributed by atoms with Gasteiger partial charge in [-0.3, -0.25) is 9.59 Å². The number of aliphatic carboxylic acids is 2. The molecule has 0 aromatic heterocycles. The van der Waals surface area contributed by atoms with Gasteiger partial charge in [0.25, 0.3) is 0 Å². The third kappa shape index (κ3) is 2.77. The van der Waals surface area contributed by atoms with Gasteiger partial charge in [0.05, 0.1) is 0 Å². The fraction of sp³-hybridized carbons (Fsp3) is 0.600. The van der Waals surface area contributed by atoms with Crippen molar-refractivity contribution in [3.63, 3.8) is 0 Å². The van der Waals surface area contributed by atoms with Crippen molar-refractivity contribution < 1.29 is 19.8 Å². The maximum atomic E-state index is 10.3. The van der Waals surface area contributed by atoms with E-state index in [9.17, 15) is 9.59 Å². The Hall–Kier alpha value is -0.750. The first-order valence-corrected chi connectivity index (χ1v) is 4.03. The van der Waals surface area contributed by atoms with Crippen LogP contribution >= 0.6 is 11.8 Å². The van der Waals surface area contributed by atoms with Crippen LogP contribution in [0, 0.1) is 0 Å². The van der Waals surface area contributed by atoms with Gasteiger partial charge in [0, 0.05) is 0 Å². The highest BCUT2D eigenvalue weighted by molar-refractivity contribution is 8.00. The standard InChI is InChI=1S/C5H9NO4S/c1-11-3(5(9)10)2(6)4(7)8/h2-3H,6H2,1H3,(H,7,8)(H,9,10). The molecular formula is C5H9NO4S. The fourth-order valence-electron chi connectivity index (χ4n) is 0.531. The van der Waals surface area contributed by atoms with Gasteiger partial charge in [-0.25, -0.2) is 0 Å². The molecule has 0 aromatic carbocycles. The van der Waals surface area contributed by atoms with E-state index in [4.69, 9.17) is 15.9 Å². The molecule has 0 aliphatic rings. The van der Waals surface area contributed by atoms with E-state index in [-0.39, 0.29) is 0 Å². The number of hydrogen-bond acceptors (Lipinski definition) is 4. The second-order valence-corrected chi connectivity index (χ2v) is 2.84. The summed E-state index contributed by atoms with van der Waals surface area (Å²) in [5, 5.41) is 15.7. The first-order chi connectivity index (χ1) is 5.00. The zero-order valence-corrected chi connectivity index (χ0v) is 6.67. The Balaban J connectivity index is 4.25. The van der Waals surface area contributed by atoms with Crippen molar-refractivity contribution in [1.29, 1.82) is 0 Å². The zero-order valence-electron chi connectivity index (χ0n) is 5.85. The maximum absolute atomic E-state index is 10.3. The van der Waals surface area contributed by atoms with Crippen LogP contribution in [-0.4, -0.2) is 39.7 Å². The van der Waals surface area contributed by atoms with Crippen LogP contribution in [0.5, 0.6) is 0 Å². The summed E-state index contributed by atoms with van der Waals surface area (Å²) in [5.74, 6) is -2.50. The summed E-state index contributed by atoms with van der Waals surface area (Å²) in [6.07, 6.45) is 1.50. The average molecular weight is 179 g/mol. The Labute approximate surface area is 67.6 Å². The minimum atomic E-state index is -1.34. The first-order valence-electron chi connectivity index (χ1n) is 2.74. The van der Waals surface area contributed by atoms with Gasteiger partial charge in [-0.1, -0.05) is 0 Å². The summed E-state index contributed by atoms with van der Waals surface area (Å²) in [6.45, 7) is 0. The molecule has 6 heteroatoms. The number of carbonyl (C=O) groups is 2. The zero-order chi connectivity index (χ0) is 9.02. The average Bonchev–Trinajstić information content (AvgIpc) is 1.88. The molecule has 0 aliphatic heterocycles. The molecule has 5 nitrogen and oxygen atoms in total. The quantitative estimate of drug-likeness (QED) is 0.523. The van der Waals surface area contributed by atoms with Crippen molar-refractivity contribution in [2.75, 3.05) is 6.26 Å². The van der Waals surface area contributed by atoms with Gasteiger partial charge < -0.3 is 15.9 Å². The van der Waals surface area contributed by atoms with Gasteiger partial charge in [0.15, 0.2) is 0 Å². The van der Waals surface area contributed by atoms with E-state index in [1.54, 1.807) is 0 Å². The van der Waals surface area contributed by atoms with Crippen LogP contribution in [0.2, 0.25) is 0 Å². The van der Waals surface area contributed by atoms with Crippen LogP contribution in [0.25, 0.3) is 0 Å². The number of hydrogen-bond donors (Lipinski definition) is 3. The van der Waals surface area contributed by atoms with Crippen molar-refractivity contribution >= 4 is 23.7 Å². The molecule has 0 amide bonds. The van der Waals surface area contributed by atoms with Gasteiger partial charge in [0.2, 0.25) is 0 Å². The highest BCUT2D eigenvalue weighted by atomic mass is 32.2. The predicted octanol–water partition coefficient (Wildman–Crippen LogP) is -0.785. The minimum Gasteiger partial charge on any atom is -0.480 e.